The van der Waals surface area contributed by atoms with E-state index in [4.69, 9.17) is 23.8 Å². The molecule has 2 rings (SSSR count). The summed E-state index contributed by atoms with van der Waals surface area (Å²) < 4.78 is 0.466. The second-order valence-corrected chi connectivity index (χ2v) is 6.11. The third kappa shape index (κ3) is 4.63. The zero-order valence-electron chi connectivity index (χ0n) is 10.5. The van der Waals surface area contributed by atoms with Gasteiger partial charge in [-0.05, 0) is 29.8 Å². The predicted molar refractivity (Wildman–Crippen MR) is 89.3 cm³/mol. The molecule has 20 heavy (non-hydrogen) atoms. The molecule has 0 radical (unpaired) electrons. The second-order valence-electron chi connectivity index (χ2n) is 4.02. The summed E-state index contributed by atoms with van der Waals surface area (Å²) in [5.41, 5.74) is 1.71. The fourth-order valence-electron chi connectivity index (χ4n) is 1.52. The zero-order chi connectivity index (χ0) is 14.4. The van der Waals surface area contributed by atoms with Crippen LogP contribution in [0.25, 0.3) is 0 Å². The first-order valence-electron chi connectivity index (χ1n) is 5.93. The average Bonchev–Trinajstić information content (AvgIpc) is 2.47. The highest BCUT2D eigenvalue weighted by atomic mass is 35.5. The van der Waals surface area contributed by atoms with Crippen molar-refractivity contribution in [3.8, 4) is 0 Å². The molecule has 2 aromatic carbocycles. The SMILES string of the molecule is O=C(NC(=S)SCc1ccc(Cl)cc1)c1ccccc1. The molecule has 0 aliphatic rings. The summed E-state index contributed by atoms with van der Waals surface area (Å²) in [5.74, 6) is 0.518. The highest BCUT2D eigenvalue weighted by molar-refractivity contribution is 8.22. The van der Waals surface area contributed by atoms with E-state index < -0.39 is 0 Å². The summed E-state index contributed by atoms with van der Waals surface area (Å²) in [6.07, 6.45) is 0. The number of hydrogen-bond acceptors (Lipinski definition) is 3. The summed E-state index contributed by atoms with van der Waals surface area (Å²) in [7, 11) is 0. The van der Waals surface area contributed by atoms with Crippen LogP contribution < -0.4 is 5.32 Å². The summed E-state index contributed by atoms with van der Waals surface area (Å²) in [6, 6.07) is 16.6. The van der Waals surface area contributed by atoms with Crippen LogP contribution in [0.3, 0.4) is 0 Å². The fourth-order valence-corrected chi connectivity index (χ4v) is 2.57. The molecule has 0 spiro atoms. The van der Waals surface area contributed by atoms with Crippen molar-refractivity contribution in [2.75, 3.05) is 0 Å². The number of amides is 1. The van der Waals surface area contributed by atoms with Gasteiger partial charge in [-0.3, -0.25) is 4.79 Å². The van der Waals surface area contributed by atoms with Crippen LogP contribution in [-0.4, -0.2) is 10.2 Å². The molecule has 0 aliphatic carbocycles. The van der Waals surface area contributed by atoms with Crippen molar-refractivity contribution in [1.82, 2.24) is 5.32 Å². The third-order valence-corrected chi connectivity index (χ3v) is 4.08. The zero-order valence-corrected chi connectivity index (χ0v) is 12.9. The number of carbonyl (C=O) groups excluding carboxylic acids is 1. The van der Waals surface area contributed by atoms with E-state index in [1.54, 1.807) is 12.1 Å². The van der Waals surface area contributed by atoms with E-state index in [9.17, 15) is 4.79 Å². The lowest BCUT2D eigenvalue weighted by molar-refractivity contribution is 0.0978. The summed E-state index contributed by atoms with van der Waals surface area (Å²) in [6.45, 7) is 0. The molecule has 0 fully saturated rings. The van der Waals surface area contributed by atoms with Crippen LogP contribution in [0.2, 0.25) is 5.02 Å². The molecule has 0 saturated carbocycles. The molecule has 0 aliphatic heterocycles. The maximum absolute atomic E-state index is 11.9. The van der Waals surface area contributed by atoms with Gasteiger partial charge in [-0.1, -0.05) is 65.9 Å². The quantitative estimate of drug-likeness (QED) is 0.855. The maximum atomic E-state index is 11.9. The van der Waals surface area contributed by atoms with Gasteiger partial charge in [0.05, 0.1) is 0 Å². The van der Waals surface area contributed by atoms with Crippen LogP contribution in [0, 0.1) is 0 Å². The lowest BCUT2D eigenvalue weighted by Crippen LogP contribution is -2.26. The van der Waals surface area contributed by atoms with Gasteiger partial charge in [-0.15, -0.1) is 0 Å². The van der Waals surface area contributed by atoms with Crippen molar-refractivity contribution < 1.29 is 4.79 Å². The Morgan fingerprint density at radius 1 is 1.10 bits per heavy atom. The number of thioether (sulfide) groups is 1. The van der Waals surface area contributed by atoms with E-state index in [1.165, 1.54) is 11.8 Å². The van der Waals surface area contributed by atoms with Crippen LogP contribution in [0.5, 0.6) is 0 Å². The highest BCUT2D eigenvalue weighted by Gasteiger charge is 2.07. The molecule has 0 aromatic heterocycles. The molecule has 102 valence electrons. The van der Waals surface area contributed by atoms with Crippen molar-refractivity contribution in [2.24, 2.45) is 0 Å². The largest absolute Gasteiger partial charge is 0.307 e. The molecule has 5 heteroatoms. The average molecular weight is 322 g/mol. The van der Waals surface area contributed by atoms with Crippen molar-refractivity contribution >= 4 is 45.8 Å². The molecule has 0 saturated heterocycles. The van der Waals surface area contributed by atoms with Gasteiger partial charge in [0.25, 0.3) is 5.91 Å². The minimum Gasteiger partial charge on any atom is -0.307 e. The predicted octanol–water partition coefficient (Wildman–Crippen LogP) is 4.29. The molecule has 0 bridgehead atoms. The van der Waals surface area contributed by atoms with Crippen LogP contribution in [0.4, 0.5) is 0 Å². The lowest BCUT2D eigenvalue weighted by Gasteiger charge is -2.06. The third-order valence-electron chi connectivity index (χ3n) is 2.53. The topological polar surface area (TPSA) is 29.1 Å². The van der Waals surface area contributed by atoms with Crippen molar-refractivity contribution in [3.63, 3.8) is 0 Å². The van der Waals surface area contributed by atoms with E-state index in [0.29, 0.717) is 20.7 Å². The number of carbonyl (C=O) groups is 1. The van der Waals surface area contributed by atoms with Crippen molar-refractivity contribution in [2.45, 2.75) is 5.75 Å². The lowest BCUT2D eigenvalue weighted by atomic mass is 10.2. The summed E-state index contributed by atoms with van der Waals surface area (Å²) in [5, 5.41) is 3.41. The highest BCUT2D eigenvalue weighted by Crippen LogP contribution is 2.16. The molecule has 2 aromatic rings. The van der Waals surface area contributed by atoms with Gasteiger partial charge in [-0.25, -0.2) is 0 Å². The number of hydrogen-bond donors (Lipinski definition) is 1. The van der Waals surface area contributed by atoms with Gasteiger partial charge in [0, 0.05) is 16.3 Å². The molecule has 0 unspecified atom stereocenters. The Hall–Kier alpha value is -1.36. The number of benzene rings is 2. The fraction of sp³-hybridized carbons (Fsp3) is 0.0667. The van der Waals surface area contributed by atoms with Crippen LogP contribution >= 0.6 is 35.6 Å². The number of thiocarbonyl (C=S) groups is 1. The van der Waals surface area contributed by atoms with E-state index in [1.807, 2.05) is 42.5 Å². The van der Waals surface area contributed by atoms with Gasteiger partial charge < -0.3 is 5.32 Å². The van der Waals surface area contributed by atoms with Crippen LogP contribution in [0.15, 0.2) is 54.6 Å². The standard InChI is InChI=1S/C15H12ClNOS2/c16-13-8-6-11(7-9-13)10-20-15(19)17-14(18)12-4-2-1-3-5-12/h1-9H,10H2,(H,17,18,19). The molecule has 0 atom stereocenters. The molecule has 1 N–H and O–H groups in total. The second kappa shape index (κ2) is 7.43. The van der Waals surface area contributed by atoms with Gasteiger partial charge in [0.2, 0.25) is 0 Å². The van der Waals surface area contributed by atoms with Gasteiger partial charge >= 0.3 is 0 Å². The first-order chi connectivity index (χ1) is 9.65. The Morgan fingerprint density at radius 2 is 1.75 bits per heavy atom. The molecule has 0 heterocycles. The molecular weight excluding hydrogens is 310 g/mol. The van der Waals surface area contributed by atoms with Crippen LogP contribution in [0.1, 0.15) is 15.9 Å². The minimum atomic E-state index is -0.181. The number of rotatable bonds is 3. The van der Waals surface area contributed by atoms with E-state index >= 15 is 0 Å². The van der Waals surface area contributed by atoms with E-state index in [0.717, 1.165) is 5.56 Å². The normalized spacial score (nSPS) is 10.1. The first-order valence-corrected chi connectivity index (χ1v) is 7.70. The first kappa shape index (κ1) is 15.0. The summed E-state index contributed by atoms with van der Waals surface area (Å²) >= 11 is 12.4. The minimum absolute atomic E-state index is 0.181. The Labute approximate surface area is 132 Å². The number of halogens is 1. The maximum Gasteiger partial charge on any atom is 0.256 e. The molecule has 1 amide bonds. The Kier molecular flexibility index (Phi) is 5.59. The van der Waals surface area contributed by atoms with Crippen molar-refractivity contribution in [3.05, 3.63) is 70.7 Å². The monoisotopic (exact) mass is 321 g/mol. The number of nitrogens with one attached hydrogen (secondary N) is 1. The Bertz CT molecular complexity index is 599. The Morgan fingerprint density at radius 3 is 2.40 bits per heavy atom. The van der Waals surface area contributed by atoms with Gasteiger partial charge in [0.1, 0.15) is 4.32 Å². The van der Waals surface area contributed by atoms with E-state index in [-0.39, 0.29) is 5.91 Å². The smallest absolute Gasteiger partial charge is 0.256 e. The summed E-state index contributed by atoms with van der Waals surface area (Å²) in [4.78, 5) is 11.9. The Balaban J connectivity index is 1.84. The molecular formula is C15H12ClNOS2. The van der Waals surface area contributed by atoms with Gasteiger partial charge in [0.15, 0.2) is 0 Å². The van der Waals surface area contributed by atoms with Gasteiger partial charge in [-0.2, -0.15) is 0 Å². The van der Waals surface area contributed by atoms with E-state index in [2.05, 4.69) is 5.32 Å². The molecule has 2 nitrogen and oxygen atoms in total. The van der Waals surface area contributed by atoms with Crippen LogP contribution in [-0.2, 0) is 5.75 Å². The van der Waals surface area contributed by atoms with Crippen molar-refractivity contribution in [1.29, 1.82) is 0 Å².